The van der Waals surface area contributed by atoms with Gasteiger partial charge in [-0.25, -0.2) is 4.39 Å². The van der Waals surface area contributed by atoms with Gasteiger partial charge in [0.15, 0.2) is 0 Å². The van der Waals surface area contributed by atoms with Gasteiger partial charge in [-0.15, -0.1) is 5.75 Å². The maximum atomic E-state index is 13.4. The fourth-order valence-electron chi connectivity index (χ4n) is 3.70. The van der Waals surface area contributed by atoms with Crippen molar-refractivity contribution in [2.24, 2.45) is 5.92 Å². The topological polar surface area (TPSA) is 66.4 Å². The van der Waals surface area contributed by atoms with E-state index in [0.29, 0.717) is 17.0 Å². The normalized spacial score (nSPS) is 16.9. The van der Waals surface area contributed by atoms with Crippen molar-refractivity contribution >= 4 is 5.97 Å². The summed E-state index contributed by atoms with van der Waals surface area (Å²) >= 11 is 0. The SMILES string of the molecule is CC1CCN(C(c2ccc(F)cc2)c2ccc([C@@H](C)C(=O)[O-])cc2[O-])CC1.[Na+].[Na+]. The van der Waals surface area contributed by atoms with Crippen molar-refractivity contribution < 1.29 is 78.5 Å². The Morgan fingerprint density at radius 2 is 1.62 bits per heavy atom. The largest absolute Gasteiger partial charge is 1.00 e. The Balaban J connectivity index is 0.00000210. The summed E-state index contributed by atoms with van der Waals surface area (Å²) in [5, 5.41) is 23.9. The van der Waals surface area contributed by atoms with Gasteiger partial charge in [0.05, 0.1) is 6.04 Å². The summed E-state index contributed by atoms with van der Waals surface area (Å²) < 4.78 is 13.4. The maximum absolute atomic E-state index is 13.4. The van der Waals surface area contributed by atoms with Gasteiger partial charge in [0.25, 0.3) is 0 Å². The molecule has 144 valence electrons. The molecule has 0 aliphatic carbocycles. The number of carbonyl (C=O) groups is 1. The molecule has 0 spiro atoms. The summed E-state index contributed by atoms with van der Waals surface area (Å²) in [7, 11) is 0. The summed E-state index contributed by atoms with van der Waals surface area (Å²) in [4.78, 5) is 13.4. The molecule has 2 aromatic rings. The van der Waals surface area contributed by atoms with Gasteiger partial charge in [-0.3, -0.25) is 4.90 Å². The molecule has 3 rings (SSSR count). The third kappa shape index (κ3) is 6.54. The molecule has 7 heteroatoms. The smallest absolute Gasteiger partial charge is 0.872 e. The minimum absolute atomic E-state index is 0. The molecule has 0 saturated carbocycles. The molecule has 0 radical (unpaired) electrons. The number of hydrogen-bond donors (Lipinski definition) is 0. The van der Waals surface area contributed by atoms with Gasteiger partial charge < -0.3 is 15.0 Å². The summed E-state index contributed by atoms with van der Waals surface area (Å²) in [6.07, 6.45) is 2.09. The maximum Gasteiger partial charge on any atom is 1.00 e. The molecule has 1 aliphatic rings. The zero-order chi connectivity index (χ0) is 19.6. The standard InChI is InChI=1S/C22H26FNO3.2Na/c1-14-9-11-24(12-10-14)21(16-3-6-18(23)7-4-16)19-8-5-17(13-20(19)25)15(2)22(26)27;;/h3-8,13-15,21,25H,9-12H2,1-2H3,(H,26,27);;/q;2*+1/p-2/t15-,21?;;/m1../s1. The fraction of sp³-hybridized carbons (Fsp3) is 0.409. The number of carboxylic acids is 1. The van der Waals surface area contributed by atoms with E-state index in [2.05, 4.69) is 11.8 Å². The quantitative estimate of drug-likeness (QED) is 0.478. The molecule has 1 saturated heterocycles. The minimum atomic E-state index is -1.21. The first kappa shape index (κ1) is 26.6. The van der Waals surface area contributed by atoms with Crippen LogP contribution in [0.5, 0.6) is 5.75 Å². The molecule has 1 aliphatic heterocycles. The molecule has 2 atom stereocenters. The van der Waals surface area contributed by atoms with Crippen molar-refractivity contribution in [2.45, 2.75) is 38.6 Å². The molecule has 0 aromatic heterocycles. The van der Waals surface area contributed by atoms with Gasteiger partial charge in [-0.05, 0) is 60.7 Å². The average molecular weight is 415 g/mol. The molecule has 1 fully saturated rings. The number of aliphatic carboxylic acids is 1. The van der Waals surface area contributed by atoms with Crippen molar-refractivity contribution in [3.63, 3.8) is 0 Å². The van der Waals surface area contributed by atoms with Crippen LogP contribution in [-0.2, 0) is 4.79 Å². The molecular weight excluding hydrogens is 391 g/mol. The second kappa shape index (κ2) is 11.8. The van der Waals surface area contributed by atoms with E-state index in [1.807, 2.05) is 0 Å². The first-order chi connectivity index (χ1) is 12.9. The van der Waals surface area contributed by atoms with Crippen molar-refractivity contribution in [2.75, 3.05) is 13.1 Å². The molecule has 1 unspecified atom stereocenters. The van der Waals surface area contributed by atoms with Gasteiger partial charge in [0.2, 0.25) is 0 Å². The van der Waals surface area contributed by atoms with Crippen LogP contribution in [0.2, 0.25) is 0 Å². The van der Waals surface area contributed by atoms with Gasteiger partial charge >= 0.3 is 59.1 Å². The summed E-state index contributed by atoms with van der Waals surface area (Å²) in [5.74, 6) is -1.92. The van der Waals surface area contributed by atoms with Crippen molar-refractivity contribution in [3.8, 4) is 5.75 Å². The van der Waals surface area contributed by atoms with Gasteiger partial charge in [-0.1, -0.05) is 44.2 Å². The molecule has 4 nitrogen and oxygen atoms in total. The number of benzene rings is 2. The number of hydrogen-bond acceptors (Lipinski definition) is 4. The van der Waals surface area contributed by atoms with Gasteiger partial charge in [0, 0.05) is 11.9 Å². The van der Waals surface area contributed by atoms with E-state index in [-0.39, 0.29) is 76.7 Å². The molecule has 0 bridgehead atoms. The van der Waals surface area contributed by atoms with Crippen LogP contribution in [0, 0.1) is 11.7 Å². The molecule has 2 aromatic carbocycles. The third-order valence-electron chi connectivity index (χ3n) is 5.55. The number of piperidine rings is 1. The summed E-state index contributed by atoms with van der Waals surface area (Å²) in [6.45, 7) is 5.45. The van der Waals surface area contributed by atoms with E-state index < -0.39 is 11.9 Å². The number of carboxylic acid groups (broad SMARTS) is 1. The van der Waals surface area contributed by atoms with Gasteiger partial charge in [0.1, 0.15) is 5.82 Å². The van der Waals surface area contributed by atoms with Crippen LogP contribution in [0.15, 0.2) is 42.5 Å². The number of rotatable bonds is 5. The zero-order valence-electron chi connectivity index (χ0n) is 17.7. The van der Waals surface area contributed by atoms with Gasteiger partial charge in [-0.2, -0.15) is 0 Å². The first-order valence-corrected chi connectivity index (χ1v) is 9.38. The first-order valence-electron chi connectivity index (χ1n) is 9.38. The minimum Gasteiger partial charge on any atom is -0.872 e. The van der Waals surface area contributed by atoms with Crippen LogP contribution in [0.25, 0.3) is 0 Å². The second-order valence-electron chi connectivity index (χ2n) is 7.51. The number of halogens is 1. The summed E-state index contributed by atoms with van der Waals surface area (Å²) in [5.41, 5.74) is 1.89. The van der Waals surface area contributed by atoms with Crippen LogP contribution in [0.1, 0.15) is 55.3 Å². The van der Waals surface area contributed by atoms with E-state index in [1.165, 1.54) is 25.1 Å². The van der Waals surface area contributed by atoms with Crippen LogP contribution in [-0.4, -0.2) is 24.0 Å². The fourth-order valence-corrected chi connectivity index (χ4v) is 3.70. The molecule has 29 heavy (non-hydrogen) atoms. The van der Waals surface area contributed by atoms with E-state index in [9.17, 15) is 19.4 Å². The van der Waals surface area contributed by atoms with Crippen molar-refractivity contribution in [1.82, 2.24) is 4.90 Å². The van der Waals surface area contributed by atoms with E-state index >= 15 is 0 Å². The van der Waals surface area contributed by atoms with Crippen LogP contribution in [0.3, 0.4) is 0 Å². The predicted octanol–water partition coefficient (Wildman–Crippen LogP) is -3.42. The van der Waals surface area contributed by atoms with E-state index in [0.717, 1.165) is 31.5 Å². The Morgan fingerprint density at radius 3 is 2.14 bits per heavy atom. The molecule has 1 heterocycles. The Hall–Kier alpha value is -0.400. The van der Waals surface area contributed by atoms with Crippen molar-refractivity contribution in [1.29, 1.82) is 0 Å². The Bertz CT molecular complexity index is 808. The van der Waals surface area contributed by atoms with Crippen LogP contribution in [0.4, 0.5) is 4.39 Å². The number of carbonyl (C=O) groups excluding carboxylic acids is 1. The van der Waals surface area contributed by atoms with Crippen LogP contribution < -0.4 is 69.3 Å². The second-order valence-corrected chi connectivity index (χ2v) is 7.51. The van der Waals surface area contributed by atoms with E-state index in [4.69, 9.17) is 0 Å². The third-order valence-corrected chi connectivity index (χ3v) is 5.55. The zero-order valence-corrected chi connectivity index (χ0v) is 21.7. The molecule has 0 amide bonds. The molecular formula is C22H24FNNa2O3. The Kier molecular flexibility index (Phi) is 10.9. The number of likely N-dealkylation sites (tertiary alicyclic amines) is 1. The predicted molar refractivity (Wildman–Crippen MR) is 97.5 cm³/mol. The molecule has 0 N–H and O–H groups in total. The van der Waals surface area contributed by atoms with Crippen LogP contribution >= 0.6 is 0 Å². The Morgan fingerprint density at radius 1 is 1.07 bits per heavy atom. The Labute approximate surface area is 216 Å². The summed E-state index contributed by atoms with van der Waals surface area (Å²) in [6, 6.07) is 10.8. The number of nitrogens with zero attached hydrogens (tertiary/aromatic N) is 1. The average Bonchev–Trinajstić information content (AvgIpc) is 2.65. The monoisotopic (exact) mass is 415 g/mol. The van der Waals surface area contributed by atoms with Crippen molar-refractivity contribution in [3.05, 3.63) is 65.0 Å². The van der Waals surface area contributed by atoms with E-state index in [1.54, 1.807) is 24.3 Å².